The number of amides is 2. The SMILES string of the molecule is CC(=O)OCC1O[C@@H](n2c3ccccc3c3c4c(c5c6ccccc6[nH]c5c32)C(=O)N(C)C4=O)C(OC(C)=O)C(OC(C)=O)[C@H]1OC(C)=O. The standard InChI is InChI=1S/C35H31N3O11/c1-15(39)45-14-23-30(46-16(2)40)31(47-17(3)41)32(48-18(4)42)35(49-23)38-22-13-9-7-11-20(22)25-27-26(33(43)37(5)34(27)44)24-19-10-6-8-12-21(19)36-28(24)29(25)38/h6-13,23,30-32,35-36H,14H2,1-5H3/t23?,30-,31?,32?,35+/m0/s1. The average molecular weight is 670 g/mol. The van der Waals surface area contributed by atoms with E-state index in [1.165, 1.54) is 20.9 Å². The molecule has 3 unspecified atom stereocenters. The lowest BCUT2D eigenvalue weighted by Crippen LogP contribution is -2.60. The normalized spacial score (nSPS) is 22.1. The Labute approximate surface area is 277 Å². The van der Waals surface area contributed by atoms with Gasteiger partial charge >= 0.3 is 23.9 Å². The van der Waals surface area contributed by atoms with Crippen molar-refractivity contribution in [3.8, 4) is 0 Å². The molecule has 0 radical (unpaired) electrons. The van der Waals surface area contributed by atoms with Crippen LogP contribution in [0.4, 0.5) is 0 Å². The first-order valence-corrected chi connectivity index (χ1v) is 15.5. The highest BCUT2D eigenvalue weighted by Crippen LogP contribution is 2.47. The molecule has 3 aromatic carbocycles. The Morgan fingerprint density at radius 3 is 1.96 bits per heavy atom. The molecule has 5 aromatic rings. The van der Waals surface area contributed by atoms with Crippen LogP contribution in [0.2, 0.25) is 0 Å². The number of rotatable bonds is 6. The maximum Gasteiger partial charge on any atom is 0.303 e. The summed E-state index contributed by atoms with van der Waals surface area (Å²) >= 11 is 0. The third-order valence-electron chi connectivity index (χ3n) is 8.86. The first kappa shape index (κ1) is 31.8. The van der Waals surface area contributed by atoms with E-state index < -0.39 is 72.9 Å². The van der Waals surface area contributed by atoms with Gasteiger partial charge in [-0.15, -0.1) is 0 Å². The molecule has 49 heavy (non-hydrogen) atoms. The maximum atomic E-state index is 13.9. The number of hydrogen-bond acceptors (Lipinski definition) is 11. The van der Waals surface area contributed by atoms with Crippen molar-refractivity contribution in [2.24, 2.45) is 0 Å². The Kier molecular flexibility index (Phi) is 7.62. The molecule has 0 aliphatic carbocycles. The number of aromatic amines is 1. The number of fused-ring (bicyclic) bond motifs is 10. The molecule has 2 aliphatic heterocycles. The fourth-order valence-corrected chi connectivity index (χ4v) is 7.12. The number of benzene rings is 3. The summed E-state index contributed by atoms with van der Waals surface area (Å²) in [7, 11) is 1.43. The van der Waals surface area contributed by atoms with E-state index >= 15 is 0 Å². The molecule has 5 atom stereocenters. The van der Waals surface area contributed by atoms with Crippen molar-refractivity contribution in [1.29, 1.82) is 0 Å². The first-order chi connectivity index (χ1) is 23.4. The van der Waals surface area contributed by atoms with Crippen LogP contribution in [0.1, 0.15) is 54.6 Å². The van der Waals surface area contributed by atoms with Gasteiger partial charge in [-0.05, 0) is 12.1 Å². The van der Waals surface area contributed by atoms with Crippen LogP contribution in [0.15, 0.2) is 48.5 Å². The Balaban J connectivity index is 1.61. The molecule has 1 N–H and O–H groups in total. The smallest absolute Gasteiger partial charge is 0.303 e. The van der Waals surface area contributed by atoms with Gasteiger partial charge in [0.05, 0.1) is 27.7 Å². The van der Waals surface area contributed by atoms with Crippen LogP contribution < -0.4 is 0 Å². The summed E-state index contributed by atoms with van der Waals surface area (Å²) in [6.07, 6.45) is -6.75. The topological polar surface area (TPSA) is 173 Å². The van der Waals surface area contributed by atoms with E-state index in [0.29, 0.717) is 43.6 Å². The van der Waals surface area contributed by atoms with E-state index in [1.54, 1.807) is 28.8 Å². The number of nitrogens with zero attached hydrogens (tertiary/aromatic N) is 2. The minimum absolute atomic E-state index is 0.195. The zero-order chi connectivity index (χ0) is 34.9. The first-order valence-electron chi connectivity index (χ1n) is 15.5. The van der Waals surface area contributed by atoms with E-state index in [1.807, 2.05) is 24.3 Å². The van der Waals surface area contributed by atoms with Gasteiger partial charge < -0.3 is 33.2 Å². The predicted octanol–water partition coefficient (Wildman–Crippen LogP) is 3.91. The highest BCUT2D eigenvalue weighted by molar-refractivity contribution is 6.39. The number of ether oxygens (including phenoxy) is 5. The number of nitrogens with one attached hydrogen (secondary N) is 1. The van der Waals surface area contributed by atoms with Crippen molar-refractivity contribution in [3.05, 3.63) is 59.7 Å². The van der Waals surface area contributed by atoms with Gasteiger partial charge in [-0.3, -0.25) is 33.7 Å². The van der Waals surface area contributed by atoms with E-state index in [2.05, 4.69) is 4.98 Å². The lowest BCUT2D eigenvalue weighted by Gasteiger charge is -2.45. The molecule has 2 amide bonds. The van der Waals surface area contributed by atoms with Crippen molar-refractivity contribution in [1.82, 2.24) is 14.5 Å². The molecule has 14 nitrogen and oxygen atoms in total. The number of aromatic nitrogens is 2. The summed E-state index contributed by atoms with van der Waals surface area (Å²) in [5, 5.41) is 2.24. The highest BCUT2D eigenvalue weighted by Gasteiger charge is 2.54. The molecule has 252 valence electrons. The summed E-state index contributed by atoms with van der Waals surface area (Å²) in [6, 6.07) is 14.5. The van der Waals surface area contributed by atoms with Gasteiger partial charge in [-0.2, -0.15) is 0 Å². The van der Waals surface area contributed by atoms with E-state index in [4.69, 9.17) is 23.7 Å². The molecule has 0 spiro atoms. The summed E-state index contributed by atoms with van der Waals surface area (Å²) < 4.78 is 30.8. The molecule has 14 heteroatoms. The van der Waals surface area contributed by atoms with Crippen LogP contribution in [-0.2, 0) is 42.9 Å². The number of imide groups is 1. The second-order valence-electron chi connectivity index (χ2n) is 12.0. The van der Waals surface area contributed by atoms with Gasteiger partial charge in [0.15, 0.2) is 24.5 Å². The van der Waals surface area contributed by atoms with Gasteiger partial charge in [0.2, 0.25) is 0 Å². The fraction of sp³-hybridized carbons (Fsp3) is 0.314. The van der Waals surface area contributed by atoms with E-state index in [0.717, 1.165) is 18.7 Å². The van der Waals surface area contributed by atoms with E-state index in [-0.39, 0.29) is 11.1 Å². The van der Waals surface area contributed by atoms with Gasteiger partial charge in [-0.25, -0.2) is 0 Å². The number of hydrogen-bond donors (Lipinski definition) is 1. The molecule has 0 saturated carbocycles. The van der Waals surface area contributed by atoms with Gasteiger partial charge in [-0.1, -0.05) is 36.4 Å². The quantitative estimate of drug-likeness (QED) is 0.158. The molecule has 1 saturated heterocycles. The van der Waals surface area contributed by atoms with Crippen LogP contribution in [0.3, 0.4) is 0 Å². The van der Waals surface area contributed by atoms with Crippen molar-refractivity contribution < 1.29 is 52.5 Å². The summed E-state index contributed by atoms with van der Waals surface area (Å²) in [4.78, 5) is 81.7. The minimum atomic E-state index is -1.43. The molecule has 2 aromatic heterocycles. The van der Waals surface area contributed by atoms with Crippen molar-refractivity contribution >= 4 is 79.3 Å². The van der Waals surface area contributed by atoms with Crippen LogP contribution in [0.25, 0.3) is 43.6 Å². The lowest BCUT2D eigenvalue weighted by atomic mass is 9.96. The molecular formula is C35H31N3O11. The Bertz CT molecular complexity index is 2270. The van der Waals surface area contributed by atoms with Crippen molar-refractivity contribution in [2.45, 2.75) is 58.3 Å². The Morgan fingerprint density at radius 1 is 0.735 bits per heavy atom. The number of carbonyl (C=O) groups is 6. The molecule has 7 rings (SSSR count). The second-order valence-corrected chi connectivity index (χ2v) is 12.0. The van der Waals surface area contributed by atoms with Gasteiger partial charge in [0.25, 0.3) is 11.8 Å². The Hall–Kier alpha value is -5.76. The zero-order valence-corrected chi connectivity index (χ0v) is 27.1. The second kappa shape index (κ2) is 11.7. The Morgan fingerprint density at radius 2 is 1.31 bits per heavy atom. The van der Waals surface area contributed by atoms with Crippen molar-refractivity contribution in [2.75, 3.05) is 13.7 Å². The molecule has 0 bridgehead atoms. The van der Waals surface area contributed by atoms with E-state index in [9.17, 15) is 28.8 Å². The molecule has 2 aliphatic rings. The summed E-state index contributed by atoms with van der Waals surface area (Å²) in [5.41, 5.74) is 2.58. The van der Waals surface area contributed by atoms with Gasteiger partial charge in [0, 0.05) is 61.8 Å². The van der Waals surface area contributed by atoms with Crippen LogP contribution >= 0.6 is 0 Å². The largest absolute Gasteiger partial charge is 0.463 e. The fourth-order valence-electron chi connectivity index (χ4n) is 7.12. The summed E-state index contributed by atoms with van der Waals surface area (Å²) in [5.74, 6) is -3.88. The highest BCUT2D eigenvalue weighted by atomic mass is 16.7. The minimum Gasteiger partial charge on any atom is -0.463 e. The predicted molar refractivity (Wildman–Crippen MR) is 172 cm³/mol. The molecular weight excluding hydrogens is 638 g/mol. The van der Waals surface area contributed by atoms with Crippen LogP contribution in [0, 0.1) is 0 Å². The monoisotopic (exact) mass is 669 g/mol. The number of carbonyl (C=O) groups excluding carboxylic acids is 6. The maximum absolute atomic E-state index is 13.9. The number of para-hydroxylation sites is 2. The third kappa shape index (κ3) is 4.98. The molecule has 1 fully saturated rings. The van der Waals surface area contributed by atoms with Gasteiger partial charge in [0.1, 0.15) is 12.7 Å². The molecule has 4 heterocycles. The van der Waals surface area contributed by atoms with Crippen molar-refractivity contribution in [3.63, 3.8) is 0 Å². The lowest BCUT2D eigenvalue weighted by molar-refractivity contribution is -0.267. The summed E-state index contributed by atoms with van der Waals surface area (Å²) in [6.45, 7) is 4.25. The number of esters is 4. The van der Waals surface area contributed by atoms with Crippen LogP contribution in [-0.4, -0.2) is 88.2 Å². The number of H-pyrrole nitrogens is 1. The average Bonchev–Trinajstić information content (AvgIpc) is 3.66. The van der Waals surface area contributed by atoms with Crippen LogP contribution in [0.5, 0.6) is 0 Å². The third-order valence-corrected chi connectivity index (χ3v) is 8.86. The zero-order valence-electron chi connectivity index (χ0n) is 27.1.